The first-order chi connectivity index (χ1) is 4.74. The second kappa shape index (κ2) is 2.96. The number of rotatable bonds is 1. The largest absolute Gasteiger partial charge is 0.468 e. The Labute approximate surface area is 57.9 Å². The van der Waals surface area contributed by atoms with Crippen molar-refractivity contribution in [2.75, 3.05) is 13.7 Å². The SMILES string of the molecule is COC(=O)[C@H]1COC(O)N1. The van der Waals surface area contributed by atoms with E-state index in [-0.39, 0.29) is 6.61 Å². The van der Waals surface area contributed by atoms with Gasteiger partial charge in [0.1, 0.15) is 6.04 Å². The molecule has 0 spiro atoms. The van der Waals surface area contributed by atoms with Crippen molar-refractivity contribution in [3.63, 3.8) is 0 Å². The van der Waals surface area contributed by atoms with Crippen LogP contribution in [0.5, 0.6) is 0 Å². The Balaban J connectivity index is 2.37. The number of methoxy groups -OCH3 is 1. The second-order valence-corrected chi connectivity index (χ2v) is 1.93. The van der Waals surface area contributed by atoms with Gasteiger partial charge in [-0.2, -0.15) is 0 Å². The van der Waals surface area contributed by atoms with Gasteiger partial charge in [0, 0.05) is 0 Å². The first-order valence-corrected chi connectivity index (χ1v) is 2.87. The van der Waals surface area contributed by atoms with E-state index in [0.29, 0.717) is 0 Å². The van der Waals surface area contributed by atoms with Crippen LogP contribution in [0.25, 0.3) is 0 Å². The summed E-state index contributed by atoms with van der Waals surface area (Å²) in [4.78, 5) is 10.7. The zero-order chi connectivity index (χ0) is 7.56. The maximum absolute atomic E-state index is 10.7. The highest BCUT2D eigenvalue weighted by Gasteiger charge is 2.28. The fourth-order valence-corrected chi connectivity index (χ4v) is 0.734. The first kappa shape index (κ1) is 7.46. The summed E-state index contributed by atoms with van der Waals surface area (Å²) in [5.74, 6) is -0.420. The molecule has 1 fully saturated rings. The molecular formula is C5H9NO4. The van der Waals surface area contributed by atoms with Gasteiger partial charge in [0.2, 0.25) is 6.41 Å². The molecule has 0 bridgehead atoms. The van der Waals surface area contributed by atoms with Gasteiger partial charge in [-0.1, -0.05) is 0 Å². The summed E-state index contributed by atoms with van der Waals surface area (Å²) < 4.78 is 9.02. The molecule has 0 aromatic heterocycles. The molecule has 0 amide bonds. The van der Waals surface area contributed by atoms with E-state index in [4.69, 9.17) is 5.11 Å². The van der Waals surface area contributed by atoms with E-state index in [1.165, 1.54) is 7.11 Å². The molecule has 5 nitrogen and oxygen atoms in total. The number of nitrogens with one attached hydrogen (secondary N) is 1. The number of aliphatic hydroxyl groups is 1. The molecule has 10 heavy (non-hydrogen) atoms. The van der Waals surface area contributed by atoms with Crippen LogP contribution < -0.4 is 5.32 Å². The number of esters is 1. The zero-order valence-electron chi connectivity index (χ0n) is 5.53. The number of ether oxygens (including phenoxy) is 2. The normalized spacial score (nSPS) is 32.2. The van der Waals surface area contributed by atoms with Crippen LogP contribution >= 0.6 is 0 Å². The molecule has 0 radical (unpaired) electrons. The van der Waals surface area contributed by atoms with Gasteiger partial charge in [-0.05, 0) is 0 Å². The third-order valence-corrected chi connectivity index (χ3v) is 1.25. The molecule has 1 rings (SSSR count). The minimum absolute atomic E-state index is 0.161. The number of aliphatic hydroxyl groups excluding tert-OH is 1. The summed E-state index contributed by atoms with van der Waals surface area (Å²) in [5.41, 5.74) is 0. The lowest BCUT2D eigenvalue weighted by Gasteiger charge is -2.04. The third-order valence-electron chi connectivity index (χ3n) is 1.25. The fourth-order valence-electron chi connectivity index (χ4n) is 0.734. The van der Waals surface area contributed by atoms with Crippen molar-refractivity contribution in [2.45, 2.75) is 12.5 Å². The van der Waals surface area contributed by atoms with Crippen LogP contribution in [0.2, 0.25) is 0 Å². The zero-order valence-corrected chi connectivity index (χ0v) is 5.53. The summed E-state index contributed by atoms with van der Waals surface area (Å²) >= 11 is 0. The Morgan fingerprint density at radius 2 is 2.60 bits per heavy atom. The molecule has 1 aliphatic rings. The quantitative estimate of drug-likeness (QED) is 0.438. The van der Waals surface area contributed by atoms with E-state index in [0.717, 1.165) is 0 Å². The Bertz CT molecular complexity index is 138. The van der Waals surface area contributed by atoms with Gasteiger partial charge in [-0.3, -0.25) is 10.1 Å². The summed E-state index contributed by atoms with van der Waals surface area (Å²) in [6.07, 6.45) is -1.04. The predicted molar refractivity (Wildman–Crippen MR) is 30.9 cm³/mol. The van der Waals surface area contributed by atoms with E-state index < -0.39 is 18.4 Å². The number of hydrogen-bond donors (Lipinski definition) is 2. The second-order valence-electron chi connectivity index (χ2n) is 1.93. The minimum atomic E-state index is -1.04. The molecule has 1 saturated heterocycles. The highest BCUT2D eigenvalue weighted by atomic mass is 16.6. The first-order valence-electron chi connectivity index (χ1n) is 2.87. The summed E-state index contributed by atoms with van der Waals surface area (Å²) in [6.45, 7) is 0.161. The van der Waals surface area contributed by atoms with Gasteiger partial charge >= 0.3 is 5.97 Å². The van der Waals surface area contributed by atoms with Crippen molar-refractivity contribution in [3.05, 3.63) is 0 Å². The van der Waals surface area contributed by atoms with Gasteiger partial charge < -0.3 is 14.6 Å². The molecule has 1 heterocycles. The molecule has 2 N–H and O–H groups in total. The van der Waals surface area contributed by atoms with Gasteiger partial charge in [-0.25, -0.2) is 0 Å². The van der Waals surface area contributed by atoms with Crippen molar-refractivity contribution < 1.29 is 19.4 Å². The maximum atomic E-state index is 10.7. The highest BCUT2D eigenvalue weighted by molar-refractivity contribution is 5.76. The van der Waals surface area contributed by atoms with Crippen molar-refractivity contribution in [2.24, 2.45) is 0 Å². The van der Waals surface area contributed by atoms with Crippen LogP contribution in [0.3, 0.4) is 0 Å². The number of carbonyl (C=O) groups excluding carboxylic acids is 1. The van der Waals surface area contributed by atoms with Crippen molar-refractivity contribution in [1.29, 1.82) is 0 Å². The van der Waals surface area contributed by atoms with E-state index in [9.17, 15) is 4.79 Å². The maximum Gasteiger partial charge on any atom is 0.325 e. The lowest BCUT2D eigenvalue weighted by Crippen LogP contribution is -2.37. The molecule has 0 aromatic carbocycles. The van der Waals surface area contributed by atoms with Crippen LogP contribution in [-0.2, 0) is 14.3 Å². The molecule has 1 aliphatic heterocycles. The van der Waals surface area contributed by atoms with Gasteiger partial charge in [0.05, 0.1) is 13.7 Å². The van der Waals surface area contributed by atoms with Gasteiger partial charge in [0.15, 0.2) is 0 Å². The number of carbonyl (C=O) groups is 1. The van der Waals surface area contributed by atoms with Crippen LogP contribution in [0.4, 0.5) is 0 Å². The summed E-state index contributed by atoms with van der Waals surface area (Å²) in [7, 11) is 1.29. The van der Waals surface area contributed by atoms with Crippen LogP contribution in [0, 0.1) is 0 Å². The molecule has 1 unspecified atom stereocenters. The standard InChI is InChI=1S/C5H9NO4/c1-9-4(7)3-2-10-5(8)6-3/h3,5-6,8H,2H2,1H3/t3-,5?/m1/s1. The van der Waals surface area contributed by atoms with Crippen molar-refractivity contribution in [1.82, 2.24) is 5.32 Å². The average molecular weight is 147 g/mol. The molecular weight excluding hydrogens is 138 g/mol. The smallest absolute Gasteiger partial charge is 0.325 e. The Morgan fingerprint density at radius 1 is 1.90 bits per heavy atom. The molecule has 2 atom stereocenters. The molecule has 58 valence electrons. The summed E-state index contributed by atoms with van der Waals surface area (Å²) in [5, 5.41) is 11.2. The van der Waals surface area contributed by atoms with E-state index in [2.05, 4.69) is 14.8 Å². The lowest BCUT2D eigenvalue weighted by atomic mass is 10.3. The van der Waals surface area contributed by atoms with Crippen LogP contribution in [-0.4, -0.2) is 37.2 Å². The molecule has 0 aromatic rings. The van der Waals surface area contributed by atoms with Gasteiger partial charge in [0.25, 0.3) is 0 Å². The fraction of sp³-hybridized carbons (Fsp3) is 0.800. The number of hydrogen-bond acceptors (Lipinski definition) is 5. The monoisotopic (exact) mass is 147 g/mol. The predicted octanol–water partition coefficient (Wildman–Crippen LogP) is -1.58. The third kappa shape index (κ3) is 1.44. The summed E-state index contributed by atoms with van der Waals surface area (Å²) in [6, 6.07) is -0.528. The highest BCUT2D eigenvalue weighted by Crippen LogP contribution is 2.00. The molecule has 5 heteroatoms. The van der Waals surface area contributed by atoms with Crippen LogP contribution in [0.15, 0.2) is 0 Å². The van der Waals surface area contributed by atoms with E-state index in [1.54, 1.807) is 0 Å². The lowest BCUT2D eigenvalue weighted by molar-refractivity contribution is -0.142. The van der Waals surface area contributed by atoms with E-state index in [1.807, 2.05) is 0 Å². The average Bonchev–Trinajstić information content (AvgIpc) is 2.34. The Kier molecular flexibility index (Phi) is 2.21. The van der Waals surface area contributed by atoms with Crippen LogP contribution in [0.1, 0.15) is 0 Å². The Morgan fingerprint density at radius 3 is 3.00 bits per heavy atom. The van der Waals surface area contributed by atoms with Crippen molar-refractivity contribution in [3.8, 4) is 0 Å². The van der Waals surface area contributed by atoms with Crippen molar-refractivity contribution >= 4 is 5.97 Å². The molecule has 0 saturated carbocycles. The van der Waals surface area contributed by atoms with E-state index >= 15 is 0 Å². The Hall–Kier alpha value is -0.650. The topological polar surface area (TPSA) is 67.8 Å². The van der Waals surface area contributed by atoms with Gasteiger partial charge in [-0.15, -0.1) is 0 Å². The molecule has 0 aliphatic carbocycles. The minimum Gasteiger partial charge on any atom is -0.468 e.